The molecule has 6 nitrogen and oxygen atoms in total. The van der Waals surface area contributed by atoms with Gasteiger partial charge in [0.15, 0.2) is 11.5 Å². The van der Waals surface area contributed by atoms with E-state index in [4.69, 9.17) is 21.1 Å². The van der Waals surface area contributed by atoms with Crippen LogP contribution in [0.15, 0.2) is 36.4 Å². The van der Waals surface area contributed by atoms with Gasteiger partial charge in [-0.2, -0.15) is 0 Å². The van der Waals surface area contributed by atoms with E-state index in [9.17, 15) is 9.59 Å². The quantitative estimate of drug-likeness (QED) is 0.684. The van der Waals surface area contributed by atoms with E-state index in [0.29, 0.717) is 45.9 Å². The predicted octanol–water partition coefficient (Wildman–Crippen LogP) is 4.39. The molecule has 0 unspecified atom stereocenters. The highest BCUT2D eigenvalue weighted by Gasteiger charge is 2.16. The van der Waals surface area contributed by atoms with Crippen LogP contribution in [0.1, 0.15) is 41.0 Å². The number of benzene rings is 2. The van der Waals surface area contributed by atoms with E-state index in [1.165, 1.54) is 7.11 Å². The molecule has 2 aromatic rings. The van der Waals surface area contributed by atoms with Crippen molar-refractivity contribution in [1.29, 1.82) is 0 Å². The van der Waals surface area contributed by atoms with Gasteiger partial charge in [0, 0.05) is 23.9 Å². The van der Waals surface area contributed by atoms with Crippen LogP contribution in [0.5, 0.6) is 11.5 Å². The molecule has 150 valence electrons. The second-order valence-electron chi connectivity index (χ2n) is 6.63. The van der Waals surface area contributed by atoms with Crippen molar-refractivity contribution in [2.45, 2.75) is 20.3 Å². The number of halogens is 1. The molecule has 0 aromatic heterocycles. The largest absolute Gasteiger partial charge is 0.493 e. The standard InChI is InChI=1S/C21H25ClN2O4/c1-13(2)9-10-28-19-17(22)11-15(12-18(19)27-4)21(26)24-16-7-5-14(6-8-16)20(25)23-3/h5-8,11-13H,9-10H2,1-4H3,(H,23,25)(H,24,26). The number of nitrogens with one attached hydrogen (secondary N) is 2. The molecule has 0 fully saturated rings. The Balaban J connectivity index is 2.14. The van der Waals surface area contributed by atoms with Gasteiger partial charge in [0.25, 0.3) is 11.8 Å². The average molecular weight is 405 g/mol. The summed E-state index contributed by atoms with van der Waals surface area (Å²) in [4.78, 5) is 24.2. The molecule has 0 aliphatic heterocycles. The first-order valence-electron chi connectivity index (χ1n) is 8.99. The maximum Gasteiger partial charge on any atom is 0.255 e. The minimum Gasteiger partial charge on any atom is -0.493 e. The zero-order valence-electron chi connectivity index (χ0n) is 16.5. The van der Waals surface area contributed by atoms with Crippen LogP contribution >= 0.6 is 11.6 Å². The van der Waals surface area contributed by atoms with Crippen LogP contribution in [0.25, 0.3) is 0 Å². The molecule has 2 N–H and O–H groups in total. The topological polar surface area (TPSA) is 76.7 Å². The number of anilines is 1. The molecule has 0 radical (unpaired) electrons. The lowest BCUT2D eigenvalue weighted by molar-refractivity contribution is 0.0962. The zero-order chi connectivity index (χ0) is 20.7. The number of hydrogen-bond acceptors (Lipinski definition) is 4. The summed E-state index contributed by atoms with van der Waals surface area (Å²) in [7, 11) is 3.06. The highest BCUT2D eigenvalue weighted by atomic mass is 35.5. The van der Waals surface area contributed by atoms with Gasteiger partial charge in [-0.1, -0.05) is 25.4 Å². The SMILES string of the molecule is CNC(=O)c1ccc(NC(=O)c2cc(Cl)c(OCCC(C)C)c(OC)c2)cc1. The summed E-state index contributed by atoms with van der Waals surface area (Å²) in [6.45, 7) is 4.73. The molecule has 0 aliphatic carbocycles. The molecule has 2 amide bonds. The summed E-state index contributed by atoms with van der Waals surface area (Å²) < 4.78 is 11.1. The van der Waals surface area contributed by atoms with E-state index in [1.807, 2.05) is 0 Å². The van der Waals surface area contributed by atoms with Gasteiger partial charge < -0.3 is 20.1 Å². The Morgan fingerprint density at radius 1 is 1.07 bits per heavy atom. The fraction of sp³-hybridized carbons (Fsp3) is 0.333. The number of methoxy groups -OCH3 is 1. The molecule has 0 heterocycles. The number of rotatable bonds is 8. The van der Waals surface area contributed by atoms with E-state index >= 15 is 0 Å². The Hall–Kier alpha value is -2.73. The summed E-state index contributed by atoms with van der Waals surface area (Å²) in [6, 6.07) is 9.71. The average Bonchev–Trinajstić information content (AvgIpc) is 2.68. The van der Waals surface area contributed by atoms with Crippen molar-refractivity contribution in [3.63, 3.8) is 0 Å². The van der Waals surface area contributed by atoms with Crippen LogP contribution in [0, 0.1) is 5.92 Å². The molecule has 0 aliphatic rings. The molecule has 0 bridgehead atoms. The predicted molar refractivity (Wildman–Crippen MR) is 111 cm³/mol. The van der Waals surface area contributed by atoms with Crippen LogP contribution < -0.4 is 20.1 Å². The van der Waals surface area contributed by atoms with Crippen LogP contribution in [-0.4, -0.2) is 32.6 Å². The van der Waals surface area contributed by atoms with Gasteiger partial charge in [0.2, 0.25) is 0 Å². The van der Waals surface area contributed by atoms with Gasteiger partial charge in [-0.3, -0.25) is 9.59 Å². The first-order chi connectivity index (χ1) is 13.3. The van der Waals surface area contributed by atoms with E-state index < -0.39 is 0 Å². The minimum absolute atomic E-state index is 0.192. The minimum atomic E-state index is -0.346. The first kappa shape index (κ1) is 21.6. The van der Waals surface area contributed by atoms with Crippen molar-refractivity contribution in [2.75, 3.05) is 26.1 Å². The molecule has 0 saturated carbocycles. The Kier molecular flexibility index (Phi) is 7.70. The monoisotopic (exact) mass is 404 g/mol. The summed E-state index contributed by atoms with van der Waals surface area (Å²) in [5.41, 5.74) is 1.41. The van der Waals surface area contributed by atoms with E-state index in [0.717, 1.165) is 6.42 Å². The van der Waals surface area contributed by atoms with Crippen molar-refractivity contribution in [3.8, 4) is 11.5 Å². The molecular formula is C21H25ClN2O4. The van der Waals surface area contributed by atoms with Crippen molar-refractivity contribution >= 4 is 29.1 Å². The number of amides is 2. The van der Waals surface area contributed by atoms with Gasteiger partial charge in [-0.25, -0.2) is 0 Å². The summed E-state index contributed by atoms with van der Waals surface area (Å²) in [6.07, 6.45) is 0.883. The molecule has 7 heteroatoms. The second-order valence-corrected chi connectivity index (χ2v) is 7.04. The Morgan fingerprint density at radius 2 is 1.75 bits per heavy atom. The fourth-order valence-corrected chi connectivity index (χ4v) is 2.71. The molecule has 0 atom stereocenters. The molecule has 28 heavy (non-hydrogen) atoms. The van der Waals surface area contributed by atoms with Gasteiger partial charge >= 0.3 is 0 Å². The fourth-order valence-electron chi connectivity index (χ4n) is 2.44. The zero-order valence-corrected chi connectivity index (χ0v) is 17.2. The molecule has 0 spiro atoms. The van der Waals surface area contributed by atoms with Crippen LogP contribution in [0.4, 0.5) is 5.69 Å². The maximum atomic E-state index is 12.6. The van der Waals surface area contributed by atoms with Crippen molar-refractivity contribution in [3.05, 3.63) is 52.5 Å². The first-order valence-corrected chi connectivity index (χ1v) is 9.37. The number of ether oxygens (including phenoxy) is 2. The smallest absolute Gasteiger partial charge is 0.255 e. The third kappa shape index (κ3) is 5.63. The summed E-state index contributed by atoms with van der Waals surface area (Å²) in [5, 5.41) is 5.63. The number of carbonyl (C=O) groups is 2. The van der Waals surface area contributed by atoms with E-state index in [-0.39, 0.29) is 11.8 Å². The highest BCUT2D eigenvalue weighted by Crippen LogP contribution is 2.36. The highest BCUT2D eigenvalue weighted by molar-refractivity contribution is 6.32. The maximum absolute atomic E-state index is 12.6. The third-order valence-corrected chi connectivity index (χ3v) is 4.35. The summed E-state index contributed by atoms with van der Waals surface area (Å²) in [5.74, 6) is 0.793. The van der Waals surface area contributed by atoms with Gasteiger partial charge in [0.1, 0.15) is 0 Å². The third-order valence-electron chi connectivity index (χ3n) is 4.07. The second kappa shape index (κ2) is 9.99. The van der Waals surface area contributed by atoms with Crippen LogP contribution in [0.2, 0.25) is 5.02 Å². The lowest BCUT2D eigenvalue weighted by Gasteiger charge is -2.15. The normalized spacial score (nSPS) is 10.5. The van der Waals surface area contributed by atoms with Crippen LogP contribution in [-0.2, 0) is 0 Å². The Morgan fingerprint density at radius 3 is 2.32 bits per heavy atom. The van der Waals surface area contributed by atoms with Gasteiger partial charge in [0.05, 0.1) is 18.7 Å². The van der Waals surface area contributed by atoms with E-state index in [2.05, 4.69) is 24.5 Å². The molecule has 2 aromatic carbocycles. The lowest BCUT2D eigenvalue weighted by atomic mass is 10.1. The molecule has 2 rings (SSSR count). The van der Waals surface area contributed by atoms with Gasteiger partial charge in [-0.15, -0.1) is 0 Å². The number of carbonyl (C=O) groups excluding carboxylic acids is 2. The Labute approximate surface area is 170 Å². The lowest BCUT2D eigenvalue weighted by Crippen LogP contribution is -2.18. The van der Waals surface area contributed by atoms with Crippen LogP contribution in [0.3, 0.4) is 0 Å². The summed E-state index contributed by atoms with van der Waals surface area (Å²) >= 11 is 6.32. The Bertz CT molecular complexity index is 835. The van der Waals surface area contributed by atoms with Gasteiger partial charge in [-0.05, 0) is 48.7 Å². The number of hydrogen-bond donors (Lipinski definition) is 2. The van der Waals surface area contributed by atoms with Crippen molar-refractivity contribution in [1.82, 2.24) is 5.32 Å². The molecule has 0 saturated heterocycles. The molecular weight excluding hydrogens is 380 g/mol. The van der Waals surface area contributed by atoms with Crippen molar-refractivity contribution in [2.24, 2.45) is 5.92 Å². The van der Waals surface area contributed by atoms with E-state index in [1.54, 1.807) is 43.4 Å². The van der Waals surface area contributed by atoms with Crippen molar-refractivity contribution < 1.29 is 19.1 Å².